The first-order valence-electron chi connectivity index (χ1n) is 5.25. The molecule has 2 aromatic carbocycles. The van der Waals surface area contributed by atoms with Crippen LogP contribution in [-0.4, -0.2) is 4.98 Å². The molecule has 86 valence electrons. The molecule has 3 aromatic rings. The predicted octanol–water partition coefficient (Wildman–Crippen LogP) is 3.87. The number of pyridine rings is 1. The molecule has 0 saturated carbocycles. The van der Waals surface area contributed by atoms with Crippen LogP contribution in [0.2, 0.25) is 0 Å². The summed E-state index contributed by atoms with van der Waals surface area (Å²) in [5, 5.41) is 0. The fourth-order valence-corrected chi connectivity index (χ4v) is 1.43. The van der Waals surface area contributed by atoms with Crippen molar-refractivity contribution >= 4 is 0 Å². The third kappa shape index (κ3) is 4.39. The Hall–Kier alpha value is -1.63. The Balaban J connectivity index is 0.000000205. The Bertz CT molecular complexity index is 452. The number of aromatic nitrogens is 1. The molecule has 0 aliphatic heterocycles. The summed E-state index contributed by atoms with van der Waals surface area (Å²) in [5.74, 6) is 0. The van der Waals surface area contributed by atoms with Gasteiger partial charge in [0.1, 0.15) is 0 Å². The number of hydrogen-bond acceptors (Lipinski definition) is 1. The van der Waals surface area contributed by atoms with Crippen LogP contribution in [-0.2, 0) is 17.1 Å². The average Bonchev–Trinajstić information content (AvgIpc) is 3.07. The van der Waals surface area contributed by atoms with Gasteiger partial charge in [0, 0.05) is 0 Å². The van der Waals surface area contributed by atoms with Crippen molar-refractivity contribution in [2.45, 2.75) is 0 Å². The average molecular weight is 263 g/mol. The van der Waals surface area contributed by atoms with E-state index in [1.807, 2.05) is 67.0 Å². The van der Waals surface area contributed by atoms with E-state index in [0.29, 0.717) is 0 Å². The predicted molar refractivity (Wildman–Crippen MR) is 67.3 cm³/mol. The maximum atomic E-state index is 3.96. The minimum Gasteiger partial charge on any atom is -0.281 e. The van der Waals surface area contributed by atoms with E-state index in [1.165, 1.54) is 11.1 Å². The van der Waals surface area contributed by atoms with E-state index in [4.69, 9.17) is 0 Å². The van der Waals surface area contributed by atoms with Crippen molar-refractivity contribution in [2.75, 3.05) is 0 Å². The van der Waals surface area contributed by atoms with E-state index in [-0.39, 0.29) is 17.1 Å². The molecule has 0 radical (unpaired) electrons. The third-order valence-electron chi connectivity index (χ3n) is 2.23. The molecular formula is C15H13FeN. The van der Waals surface area contributed by atoms with Crippen LogP contribution in [0.4, 0.5) is 0 Å². The van der Waals surface area contributed by atoms with Gasteiger partial charge in [0.2, 0.25) is 0 Å². The fraction of sp³-hybridized carbons (Fsp3) is 0. The van der Waals surface area contributed by atoms with Crippen LogP contribution in [0.15, 0.2) is 79.1 Å². The minimum absolute atomic E-state index is 0. The zero-order valence-electron chi connectivity index (χ0n) is 9.31. The van der Waals surface area contributed by atoms with Gasteiger partial charge in [0.15, 0.2) is 0 Å². The Labute approximate surface area is 112 Å². The Kier molecular flexibility index (Phi) is 6.02. The maximum Gasteiger partial charge on any atom is 2.00 e. The maximum absolute atomic E-state index is 3.96. The van der Waals surface area contributed by atoms with Crippen molar-refractivity contribution in [1.82, 2.24) is 4.98 Å². The summed E-state index contributed by atoms with van der Waals surface area (Å²) in [6.45, 7) is 0. The van der Waals surface area contributed by atoms with Gasteiger partial charge in [0.05, 0.1) is 0 Å². The van der Waals surface area contributed by atoms with E-state index in [1.54, 1.807) is 0 Å². The summed E-state index contributed by atoms with van der Waals surface area (Å²) in [4.78, 5) is 3.96. The summed E-state index contributed by atoms with van der Waals surface area (Å²) >= 11 is 0. The first-order chi connectivity index (χ1) is 7.97. The standard InChI is InChI=1S/C10H8N.C5H5.Fe/c1-2-4-9(3-1)10-5-7-11-8-6-10;1-2-4-5-3-1;/h1-8H;1-5H;/q2*-1;+2. The van der Waals surface area contributed by atoms with Gasteiger partial charge in [-0.15, -0.1) is 29.8 Å². The van der Waals surface area contributed by atoms with Crippen LogP contribution in [0.1, 0.15) is 0 Å². The fourth-order valence-electron chi connectivity index (χ4n) is 1.43. The van der Waals surface area contributed by atoms with Crippen molar-refractivity contribution in [3.63, 3.8) is 0 Å². The van der Waals surface area contributed by atoms with E-state index < -0.39 is 0 Å². The molecule has 0 unspecified atom stereocenters. The largest absolute Gasteiger partial charge is 2.00 e. The van der Waals surface area contributed by atoms with Crippen LogP contribution in [0, 0.1) is 0 Å². The van der Waals surface area contributed by atoms with Crippen LogP contribution in [0.5, 0.6) is 0 Å². The first-order valence-corrected chi connectivity index (χ1v) is 5.25. The summed E-state index contributed by atoms with van der Waals surface area (Å²) in [6, 6.07) is 22.3. The molecule has 0 aliphatic carbocycles. The number of nitrogens with zero attached hydrogens (tertiary/aromatic N) is 1. The zero-order chi connectivity index (χ0) is 11.1. The van der Waals surface area contributed by atoms with Gasteiger partial charge in [-0.3, -0.25) is 4.98 Å². The molecule has 17 heavy (non-hydrogen) atoms. The number of hydrogen-bond donors (Lipinski definition) is 0. The van der Waals surface area contributed by atoms with Crippen molar-refractivity contribution in [2.24, 2.45) is 0 Å². The van der Waals surface area contributed by atoms with Gasteiger partial charge in [-0.25, -0.2) is 12.1 Å². The quantitative estimate of drug-likeness (QED) is 0.479. The molecule has 1 aromatic heterocycles. The molecule has 0 spiro atoms. The summed E-state index contributed by atoms with van der Waals surface area (Å²) in [5.41, 5.74) is 2.48. The van der Waals surface area contributed by atoms with Crippen LogP contribution >= 0.6 is 0 Å². The Morgan fingerprint density at radius 1 is 0.882 bits per heavy atom. The molecule has 0 fully saturated rings. The van der Waals surface area contributed by atoms with Gasteiger partial charge in [0.25, 0.3) is 0 Å². The van der Waals surface area contributed by atoms with Crippen LogP contribution in [0.3, 0.4) is 0 Å². The van der Waals surface area contributed by atoms with Crippen LogP contribution in [0.25, 0.3) is 11.1 Å². The molecule has 0 bridgehead atoms. The molecule has 2 heteroatoms. The van der Waals surface area contributed by atoms with Gasteiger partial charge in [-0.1, -0.05) is 5.56 Å². The smallest absolute Gasteiger partial charge is 0.281 e. The Morgan fingerprint density at radius 2 is 1.47 bits per heavy atom. The van der Waals surface area contributed by atoms with Gasteiger partial charge >= 0.3 is 17.1 Å². The van der Waals surface area contributed by atoms with E-state index in [9.17, 15) is 0 Å². The summed E-state index contributed by atoms with van der Waals surface area (Å²) in [6.07, 6.45) is 3.62. The van der Waals surface area contributed by atoms with Crippen molar-refractivity contribution in [3.8, 4) is 11.1 Å². The summed E-state index contributed by atoms with van der Waals surface area (Å²) in [7, 11) is 0. The van der Waals surface area contributed by atoms with E-state index >= 15 is 0 Å². The second-order valence-electron chi connectivity index (χ2n) is 3.37. The van der Waals surface area contributed by atoms with Gasteiger partial charge < -0.3 is 0 Å². The van der Waals surface area contributed by atoms with E-state index in [0.717, 1.165) is 0 Å². The molecule has 1 nitrogen and oxygen atoms in total. The van der Waals surface area contributed by atoms with Crippen LogP contribution < -0.4 is 0 Å². The third-order valence-corrected chi connectivity index (χ3v) is 2.23. The van der Waals surface area contributed by atoms with Crippen molar-refractivity contribution in [1.29, 1.82) is 0 Å². The summed E-state index contributed by atoms with van der Waals surface area (Å²) < 4.78 is 0. The molecule has 0 amide bonds. The van der Waals surface area contributed by atoms with Crippen molar-refractivity contribution in [3.05, 3.63) is 79.1 Å². The zero-order valence-corrected chi connectivity index (χ0v) is 10.4. The molecule has 0 aliphatic rings. The molecule has 3 rings (SSSR count). The SMILES string of the molecule is [Fe+2].c1cc[c-](-c2ccncc2)c1.c1cc[cH-]c1. The van der Waals surface area contributed by atoms with Gasteiger partial charge in [-0.2, -0.15) is 30.3 Å². The Morgan fingerprint density at radius 3 is 1.94 bits per heavy atom. The normalized spacial score (nSPS) is 8.71. The monoisotopic (exact) mass is 263 g/mol. The number of rotatable bonds is 1. The molecule has 1 heterocycles. The first kappa shape index (κ1) is 13.4. The topological polar surface area (TPSA) is 12.9 Å². The molecule has 0 N–H and O–H groups in total. The minimum atomic E-state index is 0. The molecule has 0 saturated heterocycles. The van der Waals surface area contributed by atoms with Crippen molar-refractivity contribution < 1.29 is 17.1 Å². The molecule has 0 atom stereocenters. The second-order valence-corrected chi connectivity index (χ2v) is 3.37. The second kappa shape index (κ2) is 7.61. The van der Waals surface area contributed by atoms with Gasteiger partial charge in [-0.05, 0) is 12.4 Å². The molecular weight excluding hydrogens is 250 g/mol. The van der Waals surface area contributed by atoms with E-state index in [2.05, 4.69) is 17.1 Å².